The van der Waals surface area contributed by atoms with Gasteiger partial charge in [0.25, 0.3) is 0 Å². The van der Waals surface area contributed by atoms with Gasteiger partial charge in [-0.25, -0.2) is 0 Å². The third-order valence-corrected chi connectivity index (χ3v) is 4.54. The van der Waals surface area contributed by atoms with Gasteiger partial charge in [-0.05, 0) is 49.9 Å². The molecule has 2 N–H and O–H groups in total. The van der Waals surface area contributed by atoms with Crippen molar-refractivity contribution in [2.75, 3.05) is 13.1 Å². The smallest absolute Gasteiger partial charge is 0.220 e. The lowest BCUT2D eigenvalue weighted by atomic mass is 10.0. The fraction of sp³-hybridized carbons (Fsp3) is 0.588. The van der Waals surface area contributed by atoms with Crippen LogP contribution in [0.2, 0.25) is 0 Å². The van der Waals surface area contributed by atoms with Crippen molar-refractivity contribution >= 4 is 36.4 Å². The van der Waals surface area contributed by atoms with Gasteiger partial charge in [0.1, 0.15) is 0 Å². The highest BCUT2D eigenvalue weighted by molar-refractivity contribution is 5.85. The summed E-state index contributed by atoms with van der Waals surface area (Å²) in [5.41, 5.74) is 0.805. The Bertz CT molecular complexity index is 670. The van der Waals surface area contributed by atoms with Gasteiger partial charge in [0.05, 0.1) is 6.04 Å². The van der Waals surface area contributed by atoms with Crippen molar-refractivity contribution in [2.45, 2.75) is 39.2 Å². The van der Waals surface area contributed by atoms with Crippen LogP contribution in [0.3, 0.4) is 0 Å². The van der Waals surface area contributed by atoms with E-state index in [1.165, 1.54) is 6.42 Å². The van der Waals surface area contributed by atoms with E-state index in [-0.39, 0.29) is 42.7 Å². The minimum absolute atomic E-state index is 0. The molecule has 3 heterocycles. The van der Waals surface area contributed by atoms with Crippen molar-refractivity contribution in [1.29, 1.82) is 0 Å². The lowest BCUT2D eigenvalue weighted by Gasteiger charge is -2.21. The van der Waals surface area contributed by atoms with Gasteiger partial charge < -0.3 is 10.6 Å². The van der Waals surface area contributed by atoms with Crippen LogP contribution in [-0.2, 0) is 4.79 Å². The molecular formula is C17H27Cl2N5O. The standard InChI is InChI=1S/C17H25N5O.2ClH/c1-12(2)16(17-21-20-14-5-3-4-10-22(14)17)19-15(23)7-6-13-8-9-18-11-13;;/h3-5,10,12-13,16,18H,6-9,11H2,1-2H3,(H,19,23);2*1H. The van der Waals surface area contributed by atoms with Gasteiger partial charge in [0.15, 0.2) is 11.5 Å². The van der Waals surface area contributed by atoms with E-state index in [0.29, 0.717) is 12.3 Å². The number of nitrogens with one attached hydrogen (secondary N) is 2. The van der Waals surface area contributed by atoms with Crippen LogP contribution in [-0.4, -0.2) is 33.6 Å². The number of halogens is 2. The lowest BCUT2D eigenvalue weighted by molar-refractivity contribution is -0.122. The SMILES string of the molecule is CC(C)C(NC(=O)CCC1CCNC1)c1nnc2ccccn12.Cl.Cl. The fourth-order valence-electron chi connectivity index (χ4n) is 3.14. The third-order valence-electron chi connectivity index (χ3n) is 4.54. The molecular weight excluding hydrogens is 361 g/mol. The molecule has 0 radical (unpaired) electrons. The highest BCUT2D eigenvalue weighted by Crippen LogP contribution is 2.21. The molecule has 2 aromatic rings. The molecule has 2 unspecified atom stereocenters. The van der Waals surface area contributed by atoms with Crippen molar-refractivity contribution in [3.63, 3.8) is 0 Å². The second-order valence-electron chi connectivity index (χ2n) is 6.67. The molecule has 1 amide bonds. The lowest BCUT2D eigenvalue weighted by Crippen LogP contribution is -2.33. The van der Waals surface area contributed by atoms with Crippen LogP contribution in [0, 0.1) is 11.8 Å². The molecule has 2 aromatic heterocycles. The van der Waals surface area contributed by atoms with Crippen LogP contribution in [0.1, 0.15) is 45.0 Å². The first-order valence-electron chi connectivity index (χ1n) is 8.45. The molecule has 1 aliphatic heterocycles. The predicted molar refractivity (Wildman–Crippen MR) is 103 cm³/mol. The number of pyridine rings is 1. The van der Waals surface area contributed by atoms with Crippen molar-refractivity contribution in [2.24, 2.45) is 11.8 Å². The maximum absolute atomic E-state index is 12.4. The average Bonchev–Trinajstić information content (AvgIpc) is 3.20. The number of carbonyl (C=O) groups excluding carboxylic acids is 1. The Morgan fingerprint density at radius 2 is 2.16 bits per heavy atom. The Hall–Kier alpha value is -1.37. The van der Waals surface area contributed by atoms with Gasteiger partial charge in [-0.1, -0.05) is 19.9 Å². The summed E-state index contributed by atoms with van der Waals surface area (Å²) in [4.78, 5) is 12.4. The maximum Gasteiger partial charge on any atom is 0.220 e. The van der Waals surface area contributed by atoms with Gasteiger partial charge in [-0.15, -0.1) is 35.0 Å². The summed E-state index contributed by atoms with van der Waals surface area (Å²) in [5.74, 6) is 1.78. The summed E-state index contributed by atoms with van der Waals surface area (Å²) < 4.78 is 1.95. The predicted octanol–water partition coefficient (Wildman–Crippen LogP) is 2.78. The summed E-state index contributed by atoms with van der Waals surface area (Å²) in [5, 5.41) is 15.0. The molecule has 1 fully saturated rings. The highest BCUT2D eigenvalue weighted by Gasteiger charge is 2.24. The quantitative estimate of drug-likeness (QED) is 0.799. The van der Waals surface area contributed by atoms with Gasteiger partial charge in [-0.2, -0.15) is 0 Å². The van der Waals surface area contributed by atoms with E-state index in [0.717, 1.165) is 31.0 Å². The van der Waals surface area contributed by atoms with Crippen molar-refractivity contribution in [3.8, 4) is 0 Å². The molecule has 25 heavy (non-hydrogen) atoms. The second kappa shape index (κ2) is 9.94. The number of rotatable bonds is 6. The van der Waals surface area contributed by atoms with Crippen LogP contribution in [0.15, 0.2) is 24.4 Å². The molecule has 3 rings (SSSR count). The zero-order chi connectivity index (χ0) is 16.2. The number of nitrogens with zero attached hydrogens (tertiary/aromatic N) is 3. The first-order valence-corrected chi connectivity index (χ1v) is 8.45. The molecule has 6 nitrogen and oxygen atoms in total. The molecule has 0 spiro atoms. The minimum atomic E-state index is -0.124. The number of fused-ring (bicyclic) bond motifs is 1. The molecule has 0 aromatic carbocycles. The third kappa shape index (κ3) is 5.30. The molecule has 140 valence electrons. The summed E-state index contributed by atoms with van der Waals surface area (Å²) in [6, 6.07) is 5.68. The number of hydrogen-bond donors (Lipinski definition) is 2. The molecule has 8 heteroatoms. The zero-order valence-corrected chi connectivity index (χ0v) is 16.3. The average molecular weight is 388 g/mol. The topological polar surface area (TPSA) is 71.3 Å². The molecule has 1 saturated heterocycles. The Kier molecular flexibility index (Phi) is 8.62. The van der Waals surface area contributed by atoms with E-state index in [1.54, 1.807) is 0 Å². The molecule has 1 aliphatic rings. The van der Waals surface area contributed by atoms with E-state index < -0.39 is 0 Å². The first kappa shape index (κ1) is 21.7. The van der Waals surface area contributed by atoms with Crippen molar-refractivity contribution in [1.82, 2.24) is 25.2 Å². The van der Waals surface area contributed by atoms with Gasteiger partial charge in [0, 0.05) is 12.6 Å². The highest BCUT2D eigenvalue weighted by atomic mass is 35.5. The van der Waals surface area contributed by atoms with E-state index in [1.807, 2.05) is 28.8 Å². The van der Waals surface area contributed by atoms with Crippen LogP contribution >= 0.6 is 24.8 Å². The number of amides is 1. The number of aromatic nitrogens is 3. The Morgan fingerprint density at radius 3 is 2.84 bits per heavy atom. The number of carbonyl (C=O) groups is 1. The van der Waals surface area contributed by atoms with E-state index >= 15 is 0 Å². The Balaban J connectivity index is 0.00000156. The van der Waals surface area contributed by atoms with Crippen molar-refractivity contribution < 1.29 is 4.79 Å². The van der Waals surface area contributed by atoms with Gasteiger partial charge in [0.2, 0.25) is 5.91 Å². The van der Waals surface area contributed by atoms with Crippen LogP contribution < -0.4 is 10.6 Å². The normalized spacial score (nSPS) is 17.8. The summed E-state index contributed by atoms with van der Waals surface area (Å²) in [7, 11) is 0. The summed E-state index contributed by atoms with van der Waals surface area (Å²) in [6.07, 6.45) is 4.64. The molecule has 0 bridgehead atoms. The number of hydrogen-bond acceptors (Lipinski definition) is 4. The zero-order valence-electron chi connectivity index (χ0n) is 14.6. The summed E-state index contributed by atoms with van der Waals surface area (Å²) in [6.45, 7) is 6.30. The molecule has 0 aliphatic carbocycles. The molecule has 0 saturated carbocycles. The van der Waals surface area contributed by atoms with Crippen LogP contribution in [0.25, 0.3) is 5.65 Å². The Labute approximate surface area is 161 Å². The van der Waals surface area contributed by atoms with E-state index in [4.69, 9.17) is 0 Å². The van der Waals surface area contributed by atoms with Crippen molar-refractivity contribution in [3.05, 3.63) is 30.2 Å². The van der Waals surface area contributed by atoms with Gasteiger partial charge in [-0.3, -0.25) is 9.20 Å². The maximum atomic E-state index is 12.4. The van der Waals surface area contributed by atoms with Gasteiger partial charge >= 0.3 is 0 Å². The monoisotopic (exact) mass is 387 g/mol. The van der Waals surface area contributed by atoms with Crippen LogP contribution in [0.4, 0.5) is 0 Å². The Morgan fingerprint density at radius 1 is 1.36 bits per heavy atom. The minimum Gasteiger partial charge on any atom is -0.346 e. The van der Waals surface area contributed by atoms with E-state index in [9.17, 15) is 4.79 Å². The summed E-state index contributed by atoms with van der Waals surface area (Å²) >= 11 is 0. The van der Waals surface area contributed by atoms with Crippen LogP contribution in [0.5, 0.6) is 0 Å². The largest absolute Gasteiger partial charge is 0.346 e. The molecule has 2 atom stereocenters. The van der Waals surface area contributed by atoms with E-state index in [2.05, 4.69) is 34.7 Å². The first-order chi connectivity index (χ1) is 11.1. The fourth-order valence-corrected chi connectivity index (χ4v) is 3.14. The second-order valence-corrected chi connectivity index (χ2v) is 6.67.